The zero-order valence-corrected chi connectivity index (χ0v) is 12.2. The van der Waals surface area contributed by atoms with E-state index in [1.165, 1.54) is 0 Å². The highest BCUT2D eigenvalue weighted by molar-refractivity contribution is 7.11. The van der Waals surface area contributed by atoms with Gasteiger partial charge in [-0.15, -0.1) is 16.4 Å². The average molecular weight is 299 g/mol. The molecule has 0 unspecified atom stereocenters. The van der Waals surface area contributed by atoms with Crippen LogP contribution in [0.15, 0.2) is 40.8 Å². The predicted octanol–water partition coefficient (Wildman–Crippen LogP) is 1.95. The van der Waals surface area contributed by atoms with Gasteiger partial charge in [0.15, 0.2) is 0 Å². The van der Waals surface area contributed by atoms with Crippen molar-refractivity contribution in [3.63, 3.8) is 0 Å². The maximum atomic E-state index is 11.9. The van der Waals surface area contributed by atoms with Crippen LogP contribution in [0.5, 0.6) is 0 Å². The Bertz CT molecular complexity index is 804. The lowest BCUT2D eigenvalue weighted by Crippen LogP contribution is -2.23. The van der Waals surface area contributed by atoms with Crippen LogP contribution in [0.3, 0.4) is 0 Å². The van der Waals surface area contributed by atoms with E-state index in [9.17, 15) is 4.79 Å². The number of amides is 1. The lowest BCUT2D eigenvalue weighted by molar-refractivity contribution is -0.121. The molecule has 0 atom stereocenters. The van der Waals surface area contributed by atoms with E-state index in [2.05, 4.69) is 20.8 Å². The molecule has 0 fully saturated rings. The predicted molar refractivity (Wildman–Crippen MR) is 82.3 cm³/mol. The summed E-state index contributed by atoms with van der Waals surface area (Å²) in [6, 6.07) is 9.51. The number of carbonyl (C=O) groups is 1. The molecule has 2 heterocycles. The summed E-state index contributed by atoms with van der Waals surface area (Å²) in [6.07, 6.45) is 1.65. The van der Waals surface area contributed by atoms with E-state index in [0.717, 1.165) is 21.5 Å². The van der Waals surface area contributed by atoms with Crippen molar-refractivity contribution < 1.29 is 4.79 Å². The highest BCUT2D eigenvalue weighted by Crippen LogP contribution is 2.12. The Morgan fingerprint density at radius 2 is 2.29 bits per heavy atom. The van der Waals surface area contributed by atoms with Crippen molar-refractivity contribution in [2.45, 2.75) is 13.5 Å². The van der Waals surface area contributed by atoms with Crippen molar-refractivity contribution in [3.05, 3.63) is 46.2 Å². The van der Waals surface area contributed by atoms with Gasteiger partial charge in [0.2, 0.25) is 0 Å². The first-order chi connectivity index (χ1) is 10.2. The molecule has 106 valence electrons. The Morgan fingerprint density at radius 3 is 3.10 bits per heavy atom. The largest absolute Gasteiger partial charge is 0.271 e. The van der Waals surface area contributed by atoms with Gasteiger partial charge in [-0.05, 0) is 36.1 Å². The van der Waals surface area contributed by atoms with E-state index in [-0.39, 0.29) is 12.5 Å². The fourth-order valence-corrected chi connectivity index (χ4v) is 2.67. The maximum Gasteiger partial charge on any atom is 0.261 e. The minimum atomic E-state index is -0.240. The Balaban J connectivity index is 1.64. The SMILES string of the molecule is Cc1ccsc1/C=N/NC(=O)Cn1nnc2ccccc21. The summed E-state index contributed by atoms with van der Waals surface area (Å²) in [5, 5.41) is 13.9. The standard InChI is InChI=1S/C14H13N5OS/c1-10-6-7-21-13(10)8-15-17-14(20)9-19-12-5-3-2-4-11(12)16-18-19/h2-8H,9H2,1H3,(H,17,20)/b15-8+. The second kappa shape index (κ2) is 5.84. The minimum absolute atomic E-state index is 0.0846. The number of thiophene rings is 1. The summed E-state index contributed by atoms with van der Waals surface area (Å²) in [6.45, 7) is 2.09. The molecule has 0 saturated carbocycles. The summed E-state index contributed by atoms with van der Waals surface area (Å²) in [4.78, 5) is 12.9. The van der Waals surface area contributed by atoms with Crippen LogP contribution in [0.4, 0.5) is 0 Å². The maximum absolute atomic E-state index is 11.9. The van der Waals surface area contributed by atoms with E-state index in [1.807, 2.05) is 42.6 Å². The lowest BCUT2D eigenvalue weighted by Gasteiger charge is -2.00. The van der Waals surface area contributed by atoms with Crippen molar-refractivity contribution in [1.82, 2.24) is 20.4 Å². The van der Waals surface area contributed by atoms with E-state index < -0.39 is 0 Å². The molecule has 0 spiro atoms. The van der Waals surface area contributed by atoms with Crippen molar-refractivity contribution >= 4 is 34.5 Å². The fraction of sp³-hybridized carbons (Fsp3) is 0.143. The zero-order valence-electron chi connectivity index (χ0n) is 11.4. The molecule has 2 aromatic heterocycles. The number of hydrogen-bond donors (Lipinski definition) is 1. The fourth-order valence-electron chi connectivity index (χ4n) is 1.89. The number of aromatic nitrogens is 3. The third kappa shape index (κ3) is 2.97. The van der Waals surface area contributed by atoms with Gasteiger partial charge in [-0.3, -0.25) is 4.79 Å². The number of hydrogen-bond acceptors (Lipinski definition) is 5. The first kappa shape index (κ1) is 13.4. The van der Waals surface area contributed by atoms with Gasteiger partial charge in [-0.2, -0.15) is 5.10 Å². The van der Waals surface area contributed by atoms with Gasteiger partial charge in [-0.25, -0.2) is 10.1 Å². The van der Waals surface area contributed by atoms with E-state index in [1.54, 1.807) is 22.2 Å². The van der Waals surface area contributed by atoms with E-state index in [4.69, 9.17) is 0 Å². The van der Waals surface area contributed by atoms with Crippen LogP contribution in [-0.4, -0.2) is 27.1 Å². The number of nitrogens with zero attached hydrogens (tertiary/aromatic N) is 4. The van der Waals surface area contributed by atoms with Crippen LogP contribution >= 0.6 is 11.3 Å². The molecule has 0 aliphatic heterocycles. The van der Waals surface area contributed by atoms with Crippen LogP contribution in [0.2, 0.25) is 0 Å². The number of rotatable bonds is 4. The molecule has 1 N–H and O–H groups in total. The second-order valence-corrected chi connectivity index (χ2v) is 5.44. The number of carbonyl (C=O) groups excluding carboxylic acids is 1. The van der Waals surface area contributed by atoms with E-state index in [0.29, 0.717) is 0 Å². The molecule has 0 aliphatic rings. The number of para-hydroxylation sites is 1. The highest BCUT2D eigenvalue weighted by Gasteiger charge is 2.07. The van der Waals surface area contributed by atoms with E-state index >= 15 is 0 Å². The smallest absolute Gasteiger partial charge is 0.261 e. The number of benzene rings is 1. The molecule has 21 heavy (non-hydrogen) atoms. The molecule has 1 aromatic carbocycles. The second-order valence-electron chi connectivity index (χ2n) is 4.50. The highest BCUT2D eigenvalue weighted by atomic mass is 32.1. The summed E-state index contributed by atoms with van der Waals surface area (Å²) in [5.74, 6) is -0.240. The van der Waals surface area contributed by atoms with Crippen molar-refractivity contribution in [2.24, 2.45) is 5.10 Å². The van der Waals surface area contributed by atoms with Crippen LogP contribution in [0.25, 0.3) is 11.0 Å². The molecule has 0 radical (unpaired) electrons. The molecular weight excluding hydrogens is 286 g/mol. The summed E-state index contributed by atoms with van der Waals surface area (Å²) in [7, 11) is 0. The zero-order chi connectivity index (χ0) is 14.7. The molecule has 0 saturated heterocycles. The van der Waals surface area contributed by atoms with Crippen LogP contribution in [-0.2, 0) is 11.3 Å². The topological polar surface area (TPSA) is 72.2 Å². The quantitative estimate of drug-likeness (QED) is 0.591. The van der Waals surface area contributed by atoms with Crippen LogP contribution in [0, 0.1) is 6.92 Å². The van der Waals surface area contributed by atoms with Gasteiger partial charge in [0.05, 0.1) is 11.7 Å². The average Bonchev–Trinajstić information content (AvgIpc) is 3.07. The van der Waals surface area contributed by atoms with Gasteiger partial charge in [0, 0.05) is 4.88 Å². The number of aryl methyl sites for hydroxylation is 1. The first-order valence-corrected chi connectivity index (χ1v) is 7.26. The van der Waals surface area contributed by atoms with Crippen molar-refractivity contribution in [1.29, 1.82) is 0 Å². The van der Waals surface area contributed by atoms with Gasteiger partial charge in [-0.1, -0.05) is 17.3 Å². The molecule has 3 rings (SSSR count). The molecule has 6 nitrogen and oxygen atoms in total. The number of nitrogens with one attached hydrogen (secondary N) is 1. The summed E-state index contributed by atoms with van der Waals surface area (Å²) >= 11 is 1.58. The normalized spacial score (nSPS) is 11.3. The van der Waals surface area contributed by atoms with Gasteiger partial charge in [0.1, 0.15) is 12.1 Å². The van der Waals surface area contributed by atoms with Crippen molar-refractivity contribution in [3.8, 4) is 0 Å². The third-order valence-electron chi connectivity index (χ3n) is 2.99. The van der Waals surface area contributed by atoms with Gasteiger partial charge >= 0.3 is 0 Å². The molecule has 3 aromatic rings. The monoisotopic (exact) mass is 299 g/mol. The third-order valence-corrected chi connectivity index (χ3v) is 3.94. The lowest BCUT2D eigenvalue weighted by atomic mass is 10.3. The molecule has 0 aliphatic carbocycles. The summed E-state index contributed by atoms with van der Waals surface area (Å²) < 4.78 is 1.55. The van der Waals surface area contributed by atoms with Gasteiger partial charge in [0.25, 0.3) is 5.91 Å². The Hall–Kier alpha value is -2.54. The summed E-state index contributed by atoms with van der Waals surface area (Å²) in [5.41, 5.74) is 5.23. The van der Waals surface area contributed by atoms with Gasteiger partial charge < -0.3 is 0 Å². The minimum Gasteiger partial charge on any atom is -0.271 e. The number of hydrazone groups is 1. The molecule has 0 bridgehead atoms. The first-order valence-electron chi connectivity index (χ1n) is 6.38. The van der Waals surface area contributed by atoms with Crippen LogP contribution in [0.1, 0.15) is 10.4 Å². The van der Waals surface area contributed by atoms with Crippen LogP contribution < -0.4 is 5.43 Å². The molecule has 7 heteroatoms. The Morgan fingerprint density at radius 1 is 1.43 bits per heavy atom. The molecular formula is C14H13N5OS. The number of fused-ring (bicyclic) bond motifs is 1. The Kier molecular flexibility index (Phi) is 3.74. The van der Waals surface area contributed by atoms with Crippen molar-refractivity contribution in [2.75, 3.05) is 0 Å². The Labute approximate surface area is 125 Å². The molecule has 1 amide bonds.